The van der Waals surface area contributed by atoms with Crippen molar-refractivity contribution in [3.05, 3.63) is 35.5 Å². The molecule has 0 radical (unpaired) electrons. The molecule has 2 N–H and O–H groups in total. The van der Waals surface area contributed by atoms with Gasteiger partial charge in [0.2, 0.25) is 5.91 Å². The normalized spacial score (nSPS) is 18.0. The van der Waals surface area contributed by atoms with Gasteiger partial charge in [-0.15, -0.1) is 0 Å². The molecule has 0 atom stereocenters. The van der Waals surface area contributed by atoms with Crippen LogP contribution in [0.25, 0.3) is 10.9 Å². The lowest BCUT2D eigenvalue weighted by atomic mass is 10.1. The molecular formula is C25H38N6O. The van der Waals surface area contributed by atoms with Crippen LogP contribution in [0.5, 0.6) is 0 Å². The first kappa shape index (κ1) is 22.6. The number of aryl methyl sites for hydroxylation is 1. The summed E-state index contributed by atoms with van der Waals surface area (Å²) in [7, 11) is 0. The average molecular weight is 439 g/mol. The molecule has 0 aliphatic carbocycles. The Balaban J connectivity index is 1.31. The van der Waals surface area contributed by atoms with E-state index in [9.17, 15) is 4.79 Å². The SMILES string of the molecule is CCNC(=NCCc1c[nH]c2c(CC)cccc12)N1CCN(CC(=O)N2CCCC2)CC1. The lowest BCUT2D eigenvalue weighted by Gasteiger charge is -2.36. The molecule has 32 heavy (non-hydrogen) atoms. The Kier molecular flexibility index (Phi) is 7.68. The fourth-order valence-corrected chi connectivity index (χ4v) is 4.86. The van der Waals surface area contributed by atoms with Gasteiger partial charge in [0.15, 0.2) is 5.96 Å². The number of aromatic nitrogens is 1. The van der Waals surface area contributed by atoms with Gasteiger partial charge in [0, 0.05) is 69.5 Å². The van der Waals surface area contributed by atoms with Crippen molar-refractivity contribution in [2.75, 3.05) is 58.9 Å². The summed E-state index contributed by atoms with van der Waals surface area (Å²) >= 11 is 0. The Morgan fingerprint density at radius 1 is 1.03 bits per heavy atom. The number of aromatic amines is 1. The number of hydrogen-bond donors (Lipinski definition) is 2. The van der Waals surface area contributed by atoms with Crippen LogP contribution in [0.3, 0.4) is 0 Å². The molecule has 174 valence electrons. The Morgan fingerprint density at radius 2 is 1.81 bits per heavy atom. The summed E-state index contributed by atoms with van der Waals surface area (Å²) in [6, 6.07) is 6.56. The molecular weight excluding hydrogens is 400 g/mol. The van der Waals surface area contributed by atoms with Crippen LogP contribution < -0.4 is 5.32 Å². The summed E-state index contributed by atoms with van der Waals surface area (Å²) in [6.45, 7) is 12.0. The van der Waals surface area contributed by atoms with Gasteiger partial charge in [-0.1, -0.05) is 25.1 Å². The smallest absolute Gasteiger partial charge is 0.236 e. The van der Waals surface area contributed by atoms with Gasteiger partial charge in [0.25, 0.3) is 0 Å². The summed E-state index contributed by atoms with van der Waals surface area (Å²) < 4.78 is 0. The highest BCUT2D eigenvalue weighted by atomic mass is 16.2. The topological polar surface area (TPSA) is 67.0 Å². The standard InChI is InChI=1S/C25H38N6O/c1-3-20-8-7-9-22-21(18-28-24(20)22)10-11-27-25(26-4-2)31-16-14-29(15-17-31)19-23(32)30-12-5-6-13-30/h7-9,18,28H,3-6,10-17,19H2,1-2H3,(H,26,27). The highest BCUT2D eigenvalue weighted by Crippen LogP contribution is 2.22. The van der Waals surface area contributed by atoms with E-state index in [1.54, 1.807) is 0 Å². The predicted octanol–water partition coefficient (Wildman–Crippen LogP) is 2.48. The first-order chi connectivity index (χ1) is 15.7. The summed E-state index contributed by atoms with van der Waals surface area (Å²) in [5.41, 5.74) is 3.97. The van der Waals surface area contributed by atoms with E-state index in [4.69, 9.17) is 4.99 Å². The number of rotatable bonds is 7. The first-order valence-corrected chi connectivity index (χ1v) is 12.3. The number of nitrogens with one attached hydrogen (secondary N) is 2. The Hall–Kier alpha value is -2.54. The lowest BCUT2D eigenvalue weighted by Crippen LogP contribution is -2.54. The van der Waals surface area contributed by atoms with E-state index in [1.165, 1.54) is 22.0 Å². The molecule has 2 aliphatic heterocycles. The molecule has 3 heterocycles. The van der Waals surface area contributed by atoms with Crippen LogP contribution in [-0.4, -0.2) is 90.5 Å². The second-order valence-electron chi connectivity index (χ2n) is 8.84. The first-order valence-electron chi connectivity index (χ1n) is 12.3. The molecule has 2 aliphatic rings. The van der Waals surface area contributed by atoms with Gasteiger partial charge < -0.3 is 20.1 Å². The van der Waals surface area contributed by atoms with E-state index in [2.05, 4.69) is 58.3 Å². The van der Waals surface area contributed by atoms with Gasteiger partial charge in [-0.25, -0.2) is 0 Å². The van der Waals surface area contributed by atoms with E-state index in [-0.39, 0.29) is 0 Å². The lowest BCUT2D eigenvalue weighted by molar-refractivity contribution is -0.131. The van der Waals surface area contributed by atoms with Crippen molar-refractivity contribution in [1.82, 2.24) is 25.0 Å². The highest BCUT2D eigenvalue weighted by molar-refractivity contribution is 5.86. The molecule has 7 heteroatoms. The second kappa shape index (κ2) is 10.9. The third-order valence-electron chi connectivity index (χ3n) is 6.74. The zero-order chi connectivity index (χ0) is 22.3. The number of benzene rings is 1. The van der Waals surface area contributed by atoms with E-state index in [0.29, 0.717) is 12.5 Å². The zero-order valence-corrected chi connectivity index (χ0v) is 19.7. The number of likely N-dealkylation sites (tertiary alicyclic amines) is 1. The van der Waals surface area contributed by atoms with Crippen LogP contribution in [-0.2, 0) is 17.6 Å². The number of aliphatic imine (C=N–C) groups is 1. The fraction of sp³-hybridized carbons (Fsp3) is 0.600. The van der Waals surface area contributed by atoms with Crippen LogP contribution in [0.1, 0.15) is 37.8 Å². The van der Waals surface area contributed by atoms with Crippen LogP contribution in [0.4, 0.5) is 0 Å². The monoisotopic (exact) mass is 438 g/mol. The number of para-hydroxylation sites is 1. The minimum absolute atomic E-state index is 0.293. The largest absolute Gasteiger partial charge is 0.361 e. The average Bonchev–Trinajstić information content (AvgIpc) is 3.50. The minimum atomic E-state index is 0.293. The minimum Gasteiger partial charge on any atom is -0.361 e. The van der Waals surface area contributed by atoms with E-state index < -0.39 is 0 Å². The van der Waals surface area contributed by atoms with Gasteiger partial charge in [-0.05, 0) is 43.7 Å². The second-order valence-corrected chi connectivity index (χ2v) is 8.84. The number of nitrogens with zero attached hydrogens (tertiary/aromatic N) is 4. The number of carbonyl (C=O) groups excluding carboxylic acids is 1. The predicted molar refractivity (Wildman–Crippen MR) is 131 cm³/mol. The maximum absolute atomic E-state index is 12.5. The molecule has 1 amide bonds. The molecule has 1 aromatic carbocycles. The van der Waals surface area contributed by atoms with Crippen LogP contribution in [0, 0.1) is 0 Å². The van der Waals surface area contributed by atoms with Crippen molar-refractivity contribution >= 4 is 22.8 Å². The summed E-state index contributed by atoms with van der Waals surface area (Å²) in [4.78, 5) is 27.5. The number of piperazine rings is 1. The summed E-state index contributed by atoms with van der Waals surface area (Å²) in [5, 5.41) is 4.78. The molecule has 0 saturated carbocycles. The van der Waals surface area contributed by atoms with Crippen LogP contribution in [0.2, 0.25) is 0 Å². The quantitative estimate of drug-likeness (QED) is 0.515. The molecule has 4 rings (SSSR count). The maximum atomic E-state index is 12.5. The Labute approximate surface area is 191 Å². The molecule has 1 aromatic heterocycles. The Morgan fingerprint density at radius 3 is 2.53 bits per heavy atom. The highest BCUT2D eigenvalue weighted by Gasteiger charge is 2.24. The molecule has 0 bridgehead atoms. The van der Waals surface area contributed by atoms with E-state index >= 15 is 0 Å². The van der Waals surface area contributed by atoms with Crippen LogP contribution >= 0.6 is 0 Å². The number of carbonyl (C=O) groups is 1. The molecule has 0 spiro atoms. The number of fused-ring (bicyclic) bond motifs is 1. The van der Waals surface area contributed by atoms with Crippen molar-refractivity contribution in [2.45, 2.75) is 39.5 Å². The van der Waals surface area contributed by atoms with Gasteiger partial charge in [-0.2, -0.15) is 0 Å². The Bertz CT molecular complexity index is 922. The van der Waals surface area contributed by atoms with Gasteiger partial charge in [-0.3, -0.25) is 14.7 Å². The molecule has 2 aromatic rings. The van der Waals surface area contributed by atoms with Crippen LogP contribution in [0.15, 0.2) is 29.4 Å². The fourth-order valence-electron chi connectivity index (χ4n) is 4.86. The van der Waals surface area contributed by atoms with Crippen molar-refractivity contribution in [3.63, 3.8) is 0 Å². The molecule has 2 fully saturated rings. The third kappa shape index (κ3) is 5.26. The summed E-state index contributed by atoms with van der Waals surface area (Å²) in [6.07, 6.45) is 6.41. The van der Waals surface area contributed by atoms with Crippen molar-refractivity contribution < 1.29 is 4.79 Å². The van der Waals surface area contributed by atoms with E-state index in [1.807, 2.05) is 4.90 Å². The molecule has 2 saturated heterocycles. The third-order valence-corrected chi connectivity index (χ3v) is 6.74. The molecule has 7 nitrogen and oxygen atoms in total. The number of amides is 1. The number of H-pyrrole nitrogens is 1. The zero-order valence-electron chi connectivity index (χ0n) is 19.7. The van der Waals surface area contributed by atoms with Crippen molar-refractivity contribution in [3.8, 4) is 0 Å². The van der Waals surface area contributed by atoms with E-state index in [0.717, 1.165) is 84.0 Å². The number of hydrogen-bond acceptors (Lipinski definition) is 3. The van der Waals surface area contributed by atoms with Crippen molar-refractivity contribution in [2.24, 2.45) is 4.99 Å². The number of guanidine groups is 1. The maximum Gasteiger partial charge on any atom is 0.236 e. The van der Waals surface area contributed by atoms with Crippen molar-refractivity contribution in [1.29, 1.82) is 0 Å². The summed E-state index contributed by atoms with van der Waals surface area (Å²) in [5.74, 6) is 1.29. The van der Waals surface area contributed by atoms with Gasteiger partial charge >= 0.3 is 0 Å². The van der Waals surface area contributed by atoms with Gasteiger partial charge in [0.1, 0.15) is 0 Å². The van der Waals surface area contributed by atoms with Gasteiger partial charge in [0.05, 0.1) is 6.54 Å². The molecule has 0 unspecified atom stereocenters.